The molecule has 0 aromatic heterocycles. The summed E-state index contributed by atoms with van der Waals surface area (Å²) in [6.07, 6.45) is 0. The van der Waals surface area contributed by atoms with Gasteiger partial charge in [0, 0.05) is 26.3 Å². The molecule has 0 saturated heterocycles. The minimum atomic E-state index is -1.29. The van der Waals surface area contributed by atoms with Crippen LogP contribution in [0.5, 0.6) is 0 Å². The maximum Gasteiger partial charge on any atom is 0.332 e. The van der Waals surface area contributed by atoms with Gasteiger partial charge in [0.25, 0.3) is 5.91 Å². The summed E-state index contributed by atoms with van der Waals surface area (Å²) >= 11 is 0. The first-order valence-corrected chi connectivity index (χ1v) is 6.94. The quantitative estimate of drug-likeness (QED) is 0.321. The van der Waals surface area contributed by atoms with E-state index in [0.717, 1.165) is 0 Å². The molecule has 0 aromatic carbocycles. The summed E-state index contributed by atoms with van der Waals surface area (Å²) in [6.45, 7) is 8.25. The van der Waals surface area contributed by atoms with Crippen molar-refractivity contribution in [2.24, 2.45) is 5.73 Å². The smallest absolute Gasteiger partial charge is 0.332 e. The number of carbonyl (C=O) groups excluding carboxylic acids is 2. The highest BCUT2D eigenvalue weighted by molar-refractivity contribution is 6.01. The summed E-state index contributed by atoms with van der Waals surface area (Å²) in [6, 6.07) is -1.29. The van der Waals surface area contributed by atoms with Gasteiger partial charge in [0.15, 0.2) is 6.04 Å². The molecule has 0 aliphatic heterocycles. The fraction of sp³-hybridized carbons (Fsp3) is 0.846. The van der Waals surface area contributed by atoms with E-state index in [1.54, 1.807) is 6.92 Å². The van der Waals surface area contributed by atoms with E-state index in [4.69, 9.17) is 19.9 Å². The summed E-state index contributed by atoms with van der Waals surface area (Å²) in [5.74, 6) is -1.18. The number of rotatable bonds is 11. The van der Waals surface area contributed by atoms with Crippen LogP contribution in [0.2, 0.25) is 0 Å². The molecule has 1 amide bonds. The van der Waals surface area contributed by atoms with Crippen LogP contribution in [0, 0.1) is 0 Å². The maximum atomic E-state index is 12.1. The largest absolute Gasteiger partial charge is 0.464 e. The predicted octanol–water partition coefficient (Wildman–Crippen LogP) is -0.222. The molecule has 0 aliphatic carbocycles. The zero-order valence-electron chi connectivity index (χ0n) is 12.6. The molecule has 0 aromatic rings. The van der Waals surface area contributed by atoms with Crippen LogP contribution in [0.25, 0.3) is 0 Å². The molecule has 20 heavy (non-hydrogen) atoms. The third-order valence-corrected chi connectivity index (χ3v) is 2.54. The lowest BCUT2D eigenvalue weighted by atomic mass is 10.2. The second-order valence-corrected chi connectivity index (χ2v) is 3.95. The van der Waals surface area contributed by atoms with Gasteiger partial charge in [0.05, 0.1) is 19.8 Å². The number of amides is 1. The standard InChI is InChI=1S/C13H26N2O5/c1-4-18-9-7-15(8-10-19-5-2)12(16)11(14)13(17)20-6-3/h11H,4-10,14H2,1-3H3. The van der Waals surface area contributed by atoms with Gasteiger partial charge in [-0.15, -0.1) is 0 Å². The average Bonchev–Trinajstić information content (AvgIpc) is 2.44. The van der Waals surface area contributed by atoms with Crippen molar-refractivity contribution in [3.05, 3.63) is 0 Å². The minimum absolute atomic E-state index is 0.192. The van der Waals surface area contributed by atoms with Gasteiger partial charge >= 0.3 is 5.97 Å². The van der Waals surface area contributed by atoms with Crippen molar-refractivity contribution < 1.29 is 23.8 Å². The van der Waals surface area contributed by atoms with Gasteiger partial charge in [-0.2, -0.15) is 0 Å². The number of nitrogens with two attached hydrogens (primary N) is 1. The van der Waals surface area contributed by atoms with Crippen LogP contribution in [0.15, 0.2) is 0 Å². The highest BCUT2D eigenvalue weighted by Gasteiger charge is 2.28. The van der Waals surface area contributed by atoms with Gasteiger partial charge in [-0.25, -0.2) is 4.79 Å². The van der Waals surface area contributed by atoms with Crippen molar-refractivity contribution >= 4 is 11.9 Å². The normalized spacial score (nSPS) is 12.0. The molecule has 0 radical (unpaired) electrons. The van der Waals surface area contributed by atoms with Crippen LogP contribution < -0.4 is 5.73 Å². The lowest BCUT2D eigenvalue weighted by molar-refractivity contribution is -0.151. The monoisotopic (exact) mass is 290 g/mol. The van der Waals surface area contributed by atoms with E-state index >= 15 is 0 Å². The Morgan fingerprint density at radius 3 is 1.90 bits per heavy atom. The molecule has 0 aliphatic rings. The van der Waals surface area contributed by atoms with Crippen molar-refractivity contribution in [1.29, 1.82) is 0 Å². The van der Waals surface area contributed by atoms with Gasteiger partial charge in [0.2, 0.25) is 0 Å². The van der Waals surface area contributed by atoms with Crippen molar-refractivity contribution in [2.45, 2.75) is 26.8 Å². The Morgan fingerprint density at radius 1 is 1.00 bits per heavy atom. The molecule has 7 nitrogen and oxygen atoms in total. The Hall–Kier alpha value is -1.18. The van der Waals surface area contributed by atoms with E-state index in [1.807, 2.05) is 13.8 Å². The van der Waals surface area contributed by atoms with E-state index in [2.05, 4.69) is 0 Å². The van der Waals surface area contributed by atoms with Crippen molar-refractivity contribution in [2.75, 3.05) is 46.1 Å². The number of ether oxygens (including phenoxy) is 3. The Bertz CT molecular complexity index is 276. The molecule has 0 saturated carbocycles. The summed E-state index contributed by atoms with van der Waals surface area (Å²) in [7, 11) is 0. The third kappa shape index (κ3) is 7.42. The third-order valence-electron chi connectivity index (χ3n) is 2.54. The molecule has 2 N–H and O–H groups in total. The molecular weight excluding hydrogens is 264 g/mol. The number of hydrogen-bond donors (Lipinski definition) is 1. The molecule has 0 spiro atoms. The SMILES string of the molecule is CCOCCN(CCOCC)C(=O)C(N)C(=O)OCC. The topological polar surface area (TPSA) is 91.1 Å². The molecule has 1 unspecified atom stereocenters. The van der Waals surface area contributed by atoms with Gasteiger partial charge in [-0.05, 0) is 20.8 Å². The second kappa shape index (κ2) is 11.6. The molecule has 0 bridgehead atoms. The van der Waals surface area contributed by atoms with E-state index in [9.17, 15) is 9.59 Å². The summed E-state index contributed by atoms with van der Waals surface area (Å²) < 4.78 is 15.2. The minimum Gasteiger partial charge on any atom is -0.464 e. The number of hydrogen-bond acceptors (Lipinski definition) is 6. The molecular formula is C13H26N2O5. The molecule has 118 valence electrons. The van der Waals surface area contributed by atoms with E-state index in [0.29, 0.717) is 39.5 Å². The van der Waals surface area contributed by atoms with Crippen LogP contribution in [0.3, 0.4) is 0 Å². The summed E-state index contributed by atoms with van der Waals surface area (Å²) in [5.41, 5.74) is 5.61. The van der Waals surface area contributed by atoms with Crippen molar-refractivity contribution in [3.63, 3.8) is 0 Å². The Balaban J connectivity index is 4.46. The van der Waals surface area contributed by atoms with Crippen LogP contribution in [-0.4, -0.2) is 68.9 Å². The highest BCUT2D eigenvalue weighted by Crippen LogP contribution is 1.98. The molecule has 1 atom stereocenters. The van der Waals surface area contributed by atoms with Crippen LogP contribution in [0.1, 0.15) is 20.8 Å². The number of nitrogens with zero attached hydrogens (tertiary/aromatic N) is 1. The Labute approximate surface area is 120 Å². The second-order valence-electron chi connectivity index (χ2n) is 3.95. The van der Waals surface area contributed by atoms with Crippen molar-refractivity contribution in [1.82, 2.24) is 4.90 Å². The van der Waals surface area contributed by atoms with Crippen LogP contribution >= 0.6 is 0 Å². The zero-order valence-corrected chi connectivity index (χ0v) is 12.6. The first kappa shape index (κ1) is 18.8. The van der Waals surface area contributed by atoms with Gasteiger partial charge in [-0.1, -0.05) is 0 Å². The Kier molecular flexibility index (Phi) is 10.9. The maximum absolute atomic E-state index is 12.1. The van der Waals surface area contributed by atoms with Gasteiger partial charge in [0.1, 0.15) is 0 Å². The average molecular weight is 290 g/mol. The molecule has 0 rings (SSSR count). The van der Waals surface area contributed by atoms with Crippen LogP contribution in [-0.2, 0) is 23.8 Å². The van der Waals surface area contributed by atoms with Crippen molar-refractivity contribution in [3.8, 4) is 0 Å². The first-order chi connectivity index (χ1) is 9.58. The van der Waals surface area contributed by atoms with E-state index in [1.165, 1.54) is 4.90 Å². The number of esters is 1. The lowest BCUT2D eigenvalue weighted by Crippen LogP contribution is -2.50. The summed E-state index contributed by atoms with van der Waals surface area (Å²) in [4.78, 5) is 25.1. The fourth-order valence-corrected chi connectivity index (χ4v) is 1.50. The van der Waals surface area contributed by atoms with E-state index < -0.39 is 17.9 Å². The predicted molar refractivity (Wildman–Crippen MR) is 74.2 cm³/mol. The molecule has 0 heterocycles. The fourth-order valence-electron chi connectivity index (χ4n) is 1.50. The molecule has 7 heteroatoms. The van der Waals surface area contributed by atoms with Gasteiger partial charge < -0.3 is 24.8 Å². The van der Waals surface area contributed by atoms with Crippen LogP contribution in [0.4, 0.5) is 0 Å². The Morgan fingerprint density at radius 2 is 1.50 bits per heavy atom. The number of carbonyl (C=O) groups is 2. The lowest BCUT2D eigenvalue weighted by Gasteiger charge is -2.24. The summed E-state index contributed by atoms with van der Waals surface area (Å²) in [5, 5.41) is 0. The highest BCUT2D eigenvalue weighted by atomic mass is 16.5. The molecule has 0 fully saturated rings. The van der Waals surface area contributed by atoms with Gasteiger partial charge in [-0.3, -0.25) is 4.79 Å². The zero-order chi connectivity index (χ0) is 15.4. The van der Waals surface area contributed by atoms with E-state index in [-0.39, 0.29) is 6.61 Å². The first-order valence-electron chi connectivity index (χ1n) is 6.94.